The number of nitrogens with two attached hydrogens (primary N) is 1. The summed E-state index contributed by atoms with van der Waals surface area (Å²) in [5, 5.41) is 0. The standard InChI is InChI=1S/C6H11NO2.H3O4P/c1-5(2)6(8)9-4-3-7;1-5(2,3)4/h1,3-4,7H2,2H3;(H3,1,2,3,4). The second-order valence-corrected chi connectivity index (χ2v) is 3.24. The van der Waals surface area contributed by atoms with Gasteiger partial charge in [-0.05, 0) is 6.92 Å². The number of hydrogen-bond acceptors (Lipinski definition) is 4. The van der Waals surface area contributed by atoms with Crippen LogP contribution in [-0.2, 0) is 14.1 Å². The number of phosphoric acid groups is 1. The normalized spacial score (nSPS) is 9.79. The Morgan fingerprint density at radius 3 is 2.07 bits per heavy atom. The van der Waals surface area contributed by atoms with Crippen molar-refractivity contribution in [3.05, 3.63) is 12.2 Å². The van der Waals surface area contributed by atoms with E-state index in [4.69, 9.17) is 25.0 Å². The van der Waals surface area contributed by atoms with Crippen molar-refractivity contribution in [2.75, 3.05) is 13.2 Å². The molecule has 7 nitrogen and oxygen atoms in total. The molecule has 0 amide bonds. The topological polar surface area (TPSA) is 130 Å². The summed E-state index contributed by atoms with van der Waals surface area (Å²) in [4.78, 5) is 32.1. The van der Waals surface area contributed by atoms with Crippen molar-refractivity contribution in [1.82, 2.24) is 0 Å². The maximum absolute atomic E-state index is 10.5. The van der Waals surface area contributed by atoms with Crippen LogP contribution in [0.4, 0.5) is 0 Å². The molecule has 14 heavy (non-hydrogen) atoms. The molecule has 0 spiro atoms. The summed E-state index contributed by atoms with van der Waals surface area (Å²) in [7, 11) is -4.64. The molecule has 0 atom stereocenters. The third-order valence-electron chi connectivity index (χ3n) is 0.699. The molecule has 0 saturated heterocycles. The van der Waals surface area contributed by atoms with Crippen molar-refractivity contribution < 1.29 is 28.8 Å². The monoisotopic (exact) mass is 227 g/mol. The fourth-order valence-corrected chi connectivity index (χ4v) is 0.275. The fraction of sp³-hybridized carbons (Fsp3) is 0.500. The van der Waals surface area contributed by atoms with Crippen molar-refractivity contribution in [2.45, 2.75) is 6.92 Å². The fourth-order valence-electron chi connectivity index (χ4n) is 0.275. The van der Waals surface area contributed by atoms with Crippen LogP contribution in [0.5, 0.6) is 0 Å². The van der Waals surface area contributed by atoms with Crippen molar-refractivity contribution in [3.8, 4) is 0 Å². The second kappa shape index (κ2) is 7.66. The first kappa shape index (κ1) is 15.7. The highest BCUT2D eigenvalue weighted by atomic mass is 31.2. The molecular weight excluding hydrogens is 213 g/mol. The summed E-state index contributed by atoms with van der Waals surface area (Å²) in [6, 6.07) is 0. The van der Waals surface area contributed by atoms with Gasteiger partial charge in [0, 0.05) is 12.1 Å². The van der Waals surface area contributed by atoms with E-state index in [2.05, 4.69) is 11.3 Å². The number of carbonyl (C=O) groups is 1. The lowest BCUT2D eigenvalue weighted by molar-refractivity contribution is -0.138. The van der Waals surface area contributed by atoms with Crippen molar-refractivity contribution in [2.24, 2.45) is 5.73 Å². The van der Waals surface area contributed by atoms with E-state index in [-0.39, 0.29) is 12.6 Å². The molecule has 84 valence electrons. The van der Waals surface area contributed by atoms with Crippen molar-refractivity contribution >= 4 is 13.8 Å². The van der Waals surface area contributed by atoms with Gasteiger partial charge in [-0.25, -0.2) is 9.36 Å². The summed E-state index contributed by atoms with van der Waals surface area (Å²) in [6.45, 7) is 5.62. The first-order chi connectivity index (χ1) is 6.18. The molecule has 0 rings (SSSR count). The summed E-state index contributed by atoms with van der Waals surface area (Å²) in [5.41, 5.74) is 5.48. The van der Waals surface area contributed by atoms with Crippen LogP contribution in [0.3, 0.4) is 0 Å². The molecule has 8 heteroatoms. The molecule has 0 aliphatic rings. The largest absolute Gasteiger partial charge is 0.466 e. The van der Waals surface area contributed by atoms with Gasteiger partial charge in [-0.2, -0.15) is 0 Å². The molecule has 0 saturated carbocycles. The SMILES string of the molecule is C=C(C)C(=O)OCCN.O=P(O)(O)O. The lowest BCUT2D eigenvalue weighted by atomic mass is 10.4. The Hall–Kier alpha value is -0.720. The summed E-state index contributed by atoms with van der Waals surface area (Å²) < 4.78 is 13.5. The van der Waals surface area contributed by atoms with Crippen LogP contribution in [-0.4, -0.2) is 33.8 Å². The van der Waals surface area contributed by atoms with Crippen LogP contribution < -0.4 is 5.73 Å². The number of hydrogen-bond donors (Lipinski definition) is 4. The maximum Gasteiger partial charge on any atom is 0.466 e. The average Bonchev–Trinajstić information content (AvgIpc) is 1.96. The van der Waals surface area contributed by atoms with E-state index < -0.39 is 7.82 Å². The third-order valence-corrected chi connectivity index (χ3v) is 0.699. The van der Waals surface area contributed by atoms with Crippen LogP contribution in [0.1, 0.15) is 6.92 Å². The molecule has 0 aromatic carbocycles. The molecule has 5 N–H and O–H groups in total. The molecule has 0 aromatic rings. The van der Waals surface area contributed by atoms with E-state index in [0.717, 1.165) is 0 Å². The van der Waals surface area contributed by atoms with Gasteiger partial charge in [0.15, 0.2) is 0 Å². The van der Waals surface area contributed by atoms with Crippen molar-refractivity contribution in [1.29, 1.82) is 0 Å². The zero-order valence-corrected chi connectivity index (χ0v) is 8.61. The summed E-state index contributed by atoms with van der Waals surface area (Å²) >= 11 is 0. The van der Waals surface area contributed by atoms with Gasteiger partial charge in [0.25, 0.3) is 0 Å². The molecule has 0 fully saturated rings. The lowest BCUT2D eigenvalue weighted by Crippen LogP contribution is -2.13. The number of carbonyl (C=O) groups excluding carboxylic acids is 1. The van der Waals surface area contributed by atoms with E-state index in [9.17, 15) is 4.79 Å². The molecule has 0 heterocycles. The van der Waals surface area contributed by atoms with E-state index in [1.165, 1.54) is 0 Å². The summed E-state index contributed by atoms with van der Waals surface area (Å²) in [6.07, 6.45) is 0. The Morgan fingerprint density at radius 1 is 1.50 bits per heavy atom. The highest BCUT2D eigenvalue weighted by Crippen LogP contribution is 2.25. The predicted octanol–water partition coefficient (Wildman–Crippen LogP) is -0.864. The quantitative estimate of drug-likeness (QED) is 0.280. The van der Waals surface area contributed by atoms with E-state index in [0.29, 0.717) is 12.1 Å². The van der Waals surface area contributed by atoms with Crippen LogP contribution in [0, 0.1) is 0 Å². The Bertz CT molecular complexity index is 226. The Morgan fingerprint density at radius 2 is 1.86 bits per heavy atom. The van der Waals surface area contributed by atoms with Crippen molar-refractivity contribution in [3.63, 3.8) is 0 Å². The van der Waals surface area contributed by atoms with Gasteiger partial charge in [0.1, 0.15) is 6.61 Å². The van der Waals surface area contributed by atoms with Gasteiger partial charge in [0.2, 0.25) is 0 Å². The number of rotatable bonds is 3. The predicted molar refractivity (Wildman–Crippen MR) is 49.1 cm³/mol. The molecule has 0 aliphatic carbocycles. The highest BCUT2D eigenvalue weighted by molar-refractivity contribution is 7.45. The lowest BCUT2D eigenvalue weighted by Gasteiger charge is -1.99. The molecule has 0 bridgehead atoms. The highest BCUT2D eigenvalue weighted by Gasteiger charge is 2.00. The van der Waals surface area contributed by atoms with Crippen LogP contribution in [0.2, 0.25) is 0 Å². The zero-order valence-electron chi connectivity index (χ0n) is 7.71. The minimum Gasteiger partial charge on any atom is -0.461 e. The molecular formula is C6H14NO6P. The number of esters is 1. The minimum atomic E-state index is -4.64. The molecule has 0 unspecified atom stereocenters. The van der Waals surface area contributed by atoms with Gasteiger partial charge in [-0.15, -0.1) is 0 Å². The maximum atomic E-state index is 10.5. The van der Waals surface area contributed by atoms with Gasteiger partial charge in [-0.3, -0.25) is 0 Å². The first-order valence-corrected chi connectivity index (χ1v) is 5.06. The van der Waals surface area contributed by atoms with Gasteiger partial charge in [0.05, 0.1) is 0 Å². The molecule has 0 aromatic heterocycles. The average molecular weight is 227 g/mol. The second-order valence-electron chi connectivity index (χ2n) is 2.22. The Balaban J connectivity index is 0. The van der Waals surface area contributed by atoms with E-state index in [1.807, 2.05) is 0 Å². The van der Waals surface area contributed by atoms with Crippen LogP contribution in [0.25, 0.3) is 0 Å². The Kier molecular flexibility index (Phi) is 8.61. The van der Waals surface area contributed by atoms with Gasteiger partial charge >= 0.3 is 13.8 Å². The van der Waals surface area contributed by atoms with Crippen LogP contribution in [0.15, 0.2) is 12.2 Å². The van der Waals surface area contributed by atoms with Gasteiger partial charge in [-0.1, -0.05) is 6.58 Å². The molecule has 0 radical (unpaired) electrons. The smallest absolute Gasteiger partial charge is 0.461 e. The first-order valence-electron chi connectivity index (χ1n) is 3.49. The van der Waals surface area contributed by atoms with Gasteiger partial charge < -0.3 is 25.2 Å². The summed E-state index contributed by atoms with van der Waals surface area (Å²) in [5.74, 6) is -0.375. The minimum absolute atomic E-state index is 0.270. The number of ether oxygens (including phenoxy) is 1. The molecule has 0 aliphatic heterocycles. The Labute approximate surface area is 81.4 Å². The zero-order chi connectivity index (χ0) is 11.8. The van der Waals surface area contributed by atoms with E-state index >= 15 is 0 Å². The van der Waals surface area contributed by atoms with E-state index in [1.54, 1.807) is 6.92 Å². The van der Waals surface area contributed by atoms with Crippen LogP contribution >= 0.6 is 7.82 Å². The third kappa shape index (κ3) is 22.5.